The number of hydrogen-bond donors (Lipinski definition) is 0. The first-order valence-electron chi connectivity index (χ1n) is 7.56. The topological polar surface area (TPSA) is 0 Å². The van der Waals surface area contributed by atoms with Crippen LogP contribution in [0.5, 0.6) is 0 Å². The van der Waals surface area contributed by atoms with E-state index < -0.39 is 0 Å². The quantitative estimate of drug-likeness (QED) is 0.397. The Labute approximate surface area is 104 Å². The number of hydrogen-bond acceptors (Lipinski definition) is 0. The molecule has 0 saturated carbocycles. The summed E-state index contributed by atoms with van der Waals surface area (Å²) in [6.07, 6.45) is 11.5. The van der Waals surface area contributed by atoms with Crippen LogP contribution in [0.25, 0.3) is 0 Å². The smallest absolute Gasteiger partial charge is 0.0412 e. The van der Waals surface area contributed by atoms with E-state index >= 15 is 0 Å². The van der Waals surface area contributed by atoms with Crippen LogP contribution in [0.1, 0.15) is 86.0 Å². The molecule has 16 heavy (non-hydrogen) atoms. The molecule has 0 fully saturated rings. The van der Waals surface area contributed by atoms with Crippen molar-refractivity contribution in [2.75, 3.05) is 0 Å². The van der Waals surface area contributed by atoms with E-state index in [4.69, 9.17) is 0 Å². The molecule has 0 saturated heterocycles. The summed E-state index contributed by atoms with van der Waals surface area (Å²) in [6.45, 7) is 11.7. The molecule has 0 radical (unpaired) electrons. The first kappa shape index (κ1) is 16.0. The Kier molecular flexibility index (Phi) is 10.2. The summed E-state index contributed by atoms with van der Waals surface area (Å²) < 4.78 is 0. The molecule has 0 nitrogen and oxygen atoms in total. The lowest BCUT2D eigenvalue weighted by molar-refractivity contribution is 0.335. The third kappa shape index (κ3) is 10.5. The van der Waals surface area contributed by atoms with Crippen molar-refractivity contribution in [1.29, 1.82) is 0 Å². The lowest BCUT2D eigenvalue weighted by Crippen LogP contribution is -2.05. The van der Waals surface area contributed by atoms with E-state index in [2.05, 4.69) is 34.6 Å². The predicted molar refractivity (Wildman–Crippen MR) is 75.8 cm³/mol. The van der Waals surface area contributed by atoms with Gasteiger partial charge in [-0.15, -0.1) is 0 Å². The Bertz CT molecular complexity index is 135. The lowest BCUT2D eigenvalue weighted by atomic mass is 9.87. The van der Waals surface area contributed by atoms with Crippen molar-refractivity contribution < 1.29 is 0 Å². The Morgan fingerprint density at radius 1 is 0.688 bits per heavy atom. The highest BCUT2D eigenvalue weighted by Crippen LogP contribution is 2.24. The van der Waals surface area contributed by atoms with Gasteiger partial charge in [0, 0.05) is 0 Å². The maximum Gasteiger partial charge on any atom is -0.0412 e. The van der Waals surface area contributed by atoms with Gasteiger partial charge in [0.1, 0.15) is 0 Å². The van der Waals surface area contributed by atoms with Gasteiger partial charge in [-0.25, -0.2) is 0 Å². The zero-order valence-electron chi connectivity index (χ0n) is 12.4. The van der Waals surface area contributed by atoms with E-state index in [-0.39, 0.29) is 0 Å². The second-order valence-electron chi connectivity index (χ2n) is 6.32. The monoisotopic (exact) mass is 226 g/mol. The Hall–Kier alpha value is 0. The molecule has 0 aliphatic heterocycles. The molecule has 0 aliphatic carbocycles. The zero-order valence-corrected chi connectivity index (χ0v) is 12.4. The van der Waals surface area contributed by atoms with E-state index in [1.807, 2.05) is 0 Å². The van der Waals surface area contributed by atoms with E-state index in [9.17, 15) is 0 Å². The van der Waals surface area contributed by atoms with Crippen molar-refractivity contribution in [2.45, 2.75) is 86.0 Å². The van der Waals surface area contributed by atoms with Crippen LogP contribution in [0.3, 0.4) is 0 Å². The van der Waals surface area contributed by atoms with Crippen LogP contribution >= 0.6 is 0 Å². The van der Waals surface area contributed by atoms with Crippen molar-refractivity contribution in [3.05, 3.63) is 0 Å². The third-order valence-electron chi connectivity index (χ3n) is 3.41. The molecule has 1 unspecified atom stereocenters. The first-order valence-corrected chi connectivity index (χ1v) is 7.56. The minimum absolute atomic E-state index is 0.880. The van der Waals surface area contributed by atoms with Crippen LogP contribution in [-0.4, -0.2) is 0 Å². The number of unbranched alkanes of at least 4 members (excludes halogenated alkanes) is 2. The minimum atomic E-state index is 0.880. The SMILES string of the molecule is CCCCCC(CCCC(C)C)CC(C)C. The molecular weight excluding hydrogens is 192 g/mol. The maximum atomic E-state index is 2.37. The van der Waals surface area contributed by atoms with E-state index in [1.165, 1.54) is 51.4 Å². The fraction of sp³-hybridized carbons (Fsp3) is 1.00. The molecule has 1 atom stereocenters. The van der Waals surface area contributed by atoms with Crippen molar-refractivity contribution >= 4 is 0 Å². The van der Waals surface area contributed by atoms with Gasteiger partial charge in [-0.3, -0.25) is 0 Å². The van der Waals surface area contributed by atoms with Crippen molar-refractivity contribution in [1.82, 2.24) is 0 Å². The first-order chi connectivity index (χ1) is 7.56. The molecule has 0 aromatic rings. The highest BCUT2D eigenvalue weighted by atomic mass is 14.2. The van der Waals surface area contributed by atoms with Crippen LogP contribution in [-0.2, 0) is 0 Å². The third-order valence-corrected chi connectivity index (χ3v) is 3.41. The molecule has 0 N–H and O–H groups in total. The molecule has 0 bridgehead atoms. The summed E-state index contributed by atoms with van der Waals surface area (Å²) in [4.78, 5) is 0. The molecule has 0 heteroatoms. The average molecular weight is 226 g/mol. The summed E-state index contributed by atoms with van der Waals surface area (Å²) in [7, 11) is 0. The van der Waals surface area contributed by atoms with Crippen LogP contribution in [0.2, 0.25) is 0 Å². The molecule has 0 amide bonds. The summed E-state index contributed by atoms with van der Waals surface area (Å²) >= 11 is 0. The molecule has 0 heterocycles. The summed E-state index contributed by atoms with van der Waals surface area (Å²) in [5.41, 5.74) is 0. The Morgan fingerprint density at radius 3 is 1.81 bits per heavy atom. The molecule has 0 aromatic carbocycles. The van der Waals surface area contributed by atoms with Crippen molar-refractivity contribution in [2.24, 2.45) is 17.8 Å². The average Bonchev–Trinajstić information content (AvgIpc) is 2.16. The fourth-order valence-electron chi connectivity index (χ4n) is 2.54. The van der Waals surface area contributed by atoms with Gasteiger partial charge in [-0.1, -0.05) is 79.6 Å². The van der Waals surface area contributed by atoms with Crippen molar-refractivity contribution in [3.63, 3.8) is 0 Å². The van der Waals surface area contributed by atoms with Gasteiger partial charge in [0.05, 0.1) is 0 Å². The van der Waals surface area contributed by atoms with Gasteiger partial charge in [-0.05, 0) is 24.2 Å². The normalized spacial score (nSPS) is 13.7. The Balaban J connectivity index is 3.71. The van der Waals surface area contributed by atoms with Crippen LogP contribution in [0, 0.1) is 17.8 Å². The van der Waals surface area contributed by atoms with Gasteiger partial charge in [0.25, 0.3) is 0 Å². The van der Waals surface area contributed by atoms with Crippen molar-refractivity contribution in [3.8, 4) is 0 Å². The van der Waals surface area contributed by atoms with Gasteiger partial charge >= 0.3 is 0 Å². The highest BCUT2D eigenvalue weighted by molar-refractivity contribution is 4.63. The predicted octanol–water partition coefficient (Wildman–Crippen LogP) is 6.06. The lowest BCUT2D eigenvalue weighted by Gasteiger charge is -2.19. The summed E-state index contributed by atoms with van der Waals surface area (Å²) in [5, 5.41) is 0. The second kappa shape index (κ2) is 10.2. The van der Waals surface area contributed by atoms with Crippen LogP contribution in [0.4, 0.5) is 0 Å². The van der Waals surface area contributed by atoms with Gasteiger partial charge < -0.3 is 0 Å². The maximum absolute atomic E-state index is 2.37. The standard InChI is InChI=1S/C16H34/c1-6-7-8-11-16(13-15(4)5)12-9-10-14(2)3/h14-16H,6-13H2,1-5H3. The minimum Gasteiger partial charge on any atom is -0.0654 e. The van der Waals surface area contributed by atoms with Gasteiger partial charge in [0.2, 0.25) is 0 Å². The van der Waals surface area contributed by atoms with E-state index in [1.54, 1.807) is 0 Å². The second-order valence-corrected chi connectivity index (χ2v) is 6.32. The van der Waals surface area contributed by atoms with Crippen LogP contribution < -0.4 is 0 Å². The molecule has 98 valence electrons. The summed E-state index contributed by atoms with van der Waals surface area (Å²) in [6, 6.07) is 0. The summed E-state index contributed by atoms with van der Waals surface area (Å²) in [5.74, 6) is 2.77. The largest absolute Gasteiger partial charge is 0.0654 e. The molecule has 0 rings (SSSR count). The zero-order chi connectivity index (χ0) is 12.4. The van der Waals surface area contributed by atoms with Gasteiger partial charge in [0.15, 0.2) is 0 Å². The van der Waals surface area contributed by atoms with E-state index in [0.717, 1.165) is 17.8 Å². The van der Waals surface area contributed by atoms with Gasteiger partial charge in [-0.2, -0.15) is 0 Å². The molecule has 0 spiro atoms. The van der Waals surface area contributed by atoms with E-state index in [0.29, 0.717) is 0 Å². The Morgan fingerprint density at radius 2 is 1.31 bits per heavy atom. The number of rotatable bonds is 10. The molecule has 0 aliphatic rings. The fourth-order valence-corrected chi connectivity index (χ4v) is 2.54. The highest BCUT2D eigenvalue weighted by Gasteiger charge is 2.10. The van der Waals surface area contributed by atoms with Crippen LogP contribution in [0.15, 0.2) is 0 Å². The molecule has 0 aromatic heterocycles. The molecular formula is C16H34.